The van der Waals surface area contributed by atoms with E-state index in [1.165, 1.54) is 25.7 Å². The van der Waals surface area contributed by atoms with E-state index in [4.69, 9.17) is 4.74 Å². The van der Waals surface area contributed by atoms with E-state index in [1.54, 1.807) is 0 Å². The Bertz CT molecular complexity index is 321. The predicted octanol–water partition coefficient (Wildman–Crippen LogP) is 3.33. The molecule has 0 aliphatic heterocycles. The molecular weight excluding hydrogens is 250 g/mol. The highest BCUT2D eigenvalue weighted by atomic mass is 16.5. The summed E-state index contributed by atoms with van der Waals surface area (Å²) in [5.41, 5.74) is 0. The van der Waals surface area contributed by atoms with Gasteiger partial charge < -0.3 is 14.7 Å². The fourth-order valence-corrected chi connectivity index (χ4v) is 2.12. The lowest BCUT2D eigenvalue weighted by Gasteiger charge is -2.24. The van der Waals surface area contributed by atoms with Gasteiger partial charge in [0.2, 0.25) is 0 Å². The minimum absolute atomic E-state index is 0.360. The van der Waals surface area contributed by atoms with Crippen molar-refractivity contribution in [3.63, 3.8) is 0 Å². The molecule has 0 saturated carbocycles. The lowest BCUT2D eigenvalue weighted by Crippen LogP contribution is -2.36. The van der Waals surface area contributed by atoms with Crippen LogP contribution in [0.1, 0.15) is 39.5 Å². The second-order valence-corrected chi connectivity index (χ2v) is 5.29. The molecule has 0 saturated heterocycles. The van der Waals surface area contributed by atoms with E-state index in [-0.39, 0.29) is 0 Å². The van der Waals surface area contributed by atoms with Gasteiger partial charge >= 0.3 is 0 Å². The number of benzene rings is 1. The summed E-state index contributed by atoms with van der Waals surface area (Å²) in [4.78, 5) is 2.35. The maximum absolute atomic E-state index is 10.1. The van der Waals surface area contributed by atoms with E-state index in [0.29, 0.717) is 13.2 Å². The number of unbranched alkanes of at least 4 members (excludes halogenated alkanes) is 2. The molecule has 0 aromatic heterocycles. The van der Waals surface area contributed by atoms with Crippen molar-refractivity contribution in [2.75, 3.05) is 26.2 Å². The Kier molecular flexibility index (Phi) is 9.09. The molecule has 3 heteroatoms. The monoisotopic (exact) mass is 279 g/mol. The number of aliphatic hydroxyl groups excluding tert-OH is 1. The molecule has 1 unspecified atom stereocenters. The summed E-state index contributed by atoms with van der Waals surface area (Å²) in [7, 11) is 0. The van der Waals surface area contributed by atoms with Crippen LogP contribution in [0, 0.1) is 0 Å². The standard InChI is InChI=1S/C17H29NO2/c1-3-5-12-18(13-6-4-2)14-16(19)15-20-17-10-8-7-9-11-17/h7-11,16,19H,3-6,12-15H2,1-2H3. The number of nitrogens with zero attached hydrogens (tertiary/aromatic N) is 1. The van der Waals surface area contributed by atoms with Gasteiger partial charge in [0, 0.05) is 6.54 Å². The highest BCUT2D eigenvalue weighted by Gasteiger charge is 2.11. The van der Waals surface area contributed by atoms with Crippen LogP contribution in [0.2, 0.25) is 0 Å². The quantitative estimate of drug-likeness (QED) is 0.674. The molecule has 3 nitrogen and oxygen atoms in total. The smallest absolute Gasteiger partial charge is 0.119 e. The summed E-state index contributed by atoms with van der Waals surface area (Å²) < 4.78 is 5.60. The lowest BCUT2D eigenvalue weighted by atomic mass is 10.2. The van der Waals surface area contributed by atoms with E-state index < -0.39 is 6.10 Å². The van der Waals surface area contributed by atoms with Crippen LogP contribution in [0.3, 0.4) is 0 Å². The van der Waals surface area contributed by atoms with Crippen molar-refractivity contribution in [3.05, 3.63) is 30.3 Å². The summed E-state index contributed by atoms with van der Waals surface area (Å²) >= 11 is 0. The van der Waals surface area contributed by atoms with Crippen molar-refractivity contribution in [2.45, 2.75) is 45.6 Å². The first kappa shape index (κ1) is 17.0. The lowest BCUT2D eigenvalue weighted by molar-refractivity contribution is 0.0671. The Morgan fingerprint density at radius 3 is 2.20 bits per heavy atom. The van der Waals surface area contributed by atoms with Crippen molar-refractivity contribution in [2.24, 2.45) is 0 Å². The van der Waals surface area contributed by atoms with E-state index in [2.05, 4.69) is 18.7 Å². The van der Waals surface area contributed by atoms with Crippen LogP contribution in [0.4, 0.5) is 0 Å². The average molecular weight is 279 g/mol. The van der Waals surface area contributed by atoms with E-state index >= 15 is 0 Å². The first-order valence-corrected chi connectivity index (χ1v) is 7.84. The first-order chi connectivity index (χ1) is 9.76. The third kappa shape index (κ3) is 7.51. The van der Waals surface area contributed by atoms with Gasteiger partial charge in [-0.05, 0) is 38.1 Å². The van der Waals surface area contributed by atoms with Crippen molar-refractivity contribution in [1.29, 1.82) is 0 Å². The van der Waals surface area contributed by atoms with E-state index in [0.717, 1.165) is 18.8 Å². The molecule has 0 spiro atoms. The largest absolute Gasteiger partial charge is 0.491 e. The predicted molar refractivity (Wildman–Crippen MR) is 84.2 cm³/mol. The van der Waals surface area contributed by atoms with Gasteiger partial charge in [0.05, 0.1) is 0 Å². The zero-order valence-electron chi connectivity index (χ0n) is 12.9. The number of hydrogen-bond donors (Lipinski definition) is 1. The molecule has 20 heavy (non-hydrogen) atoms. The van der Waals surface area contributed by atoms with Crippen LogP contribution in [-0.4, -0.2) is 42.4 Å². The van der Waals surface area contributed by atoms with Crippen LogP contribution in [0.5, 0.6) is 5.75 Å². The highest BCUT2D eigenvalue weighted by molar-refractivity contribution is 5.20. The van der Waals surface area contributed by atoms with Crippen LogP contribution >= 0.6 is 0 Å². The van der Waals surface area contributed by atoms with Gasteiger partial charge in [-0.15, -0.1) is 0 Å². The van der Waals surface area contributed by atoms with Crippen molar-refractivity contribution in [3.8, 4) is 5.75 Å². The Balaban J connectivity index is 2.30. The number of rotatable bonds is 11. The average Bonchev–Trinajstić information content (AvgIpc) is 2.49. The van der Waals surface area contributed by atoms with E-state index in [1.807, 2.05) is 30.3 Å². The molecule has 0 fully saturated rings. The van der Waals surface area contributed by atoms with Crippen molar-refractivity contribution >= 4 is 0 Å². The van der Waals surface area contributed by atoms with Gasteiger partial charge in [0.25, 0.3) is 0 Å². The topological polar surface area (TPSA) is 32.7 Å². The molecule has 114 valence electrons. The SMILES string of the molecule is CCCCN(CCCC)CC(O)COc1ccccc1. The Morgan fingerprint density at radius 1 is 1.05 bits per heavy atom. The second kappa shape index (κ2) is 10.7. The second-order valence-electron chi connectivity index (χ2n) is 5.29. The fraction of sp³-hybridized carbons (Fsp3) is 0.647. The van der Waals surface area contributed by atoms with Gasteiger partial charge in [-0.1, -0.05) is 44.9 Å². The number of aliphatic hydroxyl groups is 1. The van der Waals surface area contributed by atoms with Crippen LogP contribution < -0.4 is 4.74 Å². The number of hydrogen-bond acceptors (Lipinski definition) is 3. The normalized spacial score (nSPS) is 12.6. The molecule has 1 rings (SSSR count). The minimum Gasteiger partial charge on any atom is -0.491 e. The van der Waals surface area contributed by atoms with Crippen LogP contribution in [-0.2, 0) is 0 Å². The third-order valence-corrected chi connectivity index (χ3v) is 3.31. The molecule has 0 bridgehead atoms. The zero-order valence-corrected chi connectivity index (χ0v) is 12.9. The Morgan fingerprint density at radius 2 is 1.65 bits per heavy atom. The van der Waals surface area contributed by atoms with Crippen LogP contribution in [0.15, 0.2) is 30.3 Å². The highest BCUT2D eigenvalue weighted by Crippen LogP contribution is 2.09. The molecule has 1 atom stereocenters. The summed E-state index contributed by atoms with van der Waals surface area (Å²) in [6.07, 6.45) is 4.34. The van der Waals surface area contributed by atoms with Gasteiger partial charge in [0.1, 0.15) is 18.5 Å². The fourth-order valence-electron chi connectivity index (χ4n) is 2.12. The van der Waals surface area contributed by atoms with Gasteiger partial charge in [-0.2, -0.15) is 0 Å². The van der Waals surface area contributed by atoms with Gasteiger partial charge in [-0.3, -0.25) is 0 Å². The maximum Gasteiger partial charge on any atom is 0.119 e. The Hall–Kier alpha value is -1.06. The number of ether oxygens (including phenoxy) is 1. The molecule has 0 radical (unpaired) electrons. The van der Waals surface area contributed by atoms with Crippen molar-refractivity contribution in [1.82, 2.24) is 4.90 Å². The maximum atomic E-state index is 10.1. The molecular formula is C17H29NO2. The molecule has 0 aliphatic carbocycles. The van der Waals surface area contributed by atoms with Crippen LogP contribution in [0.25, 0.3) is 0 Å². The Labute approximate surface area is 123 Å². The van der Waals surface area contributed by atoms with Crippen molar-refractivity contribution < 1.29 is 9.84 Å². The minimum atomic E-state index is -0.427. The summed E-state index contributed by atoms with van der Waals surface area (Å²) in [6.45, 7) is 7.60. The molecule has 0 aliphatic rings. The summed E-state index contributed by atoms with van der Waals surface area (Å²) in [6, 6.07) is 9.67. The first-order valence-electron chi connectivity index (χ1n) is 7.84. The van der Waals surface area contributed by atoms with Gasteiger partial charge in [0.15, 0.2) is 0 Å². The molecule has 1 aromatic carbocycles. The third-order valence-electron chi connectivity index (χ3n) is 3.31. The molecule has 1 N–H and O–H groups in total. The summed E-state index contributed by atoms with van der Waals surface area (Å²) in [5.74, 6) is 0.820. The molecule has 1 aromatic rings. The summed E-state index contributed by atoms with van der Waals surface area (Å²) in [5, 5.41) is 10.1. The van der Waals surface area contributed by atoms with Gasteiger partial charge in [-0.25, -0.2) is 0 Å². The zero-order chi connectivity index (χ0) is 14.6. The molecule has 0 amide bonds. The van der Waals surface area contributed by atoms with E-state index in [9.17, 15) is 5.11 Å². The molecule has 0 heterocycles. The number of para-hydroxylation sites is 1.